The Morgan fingerprint density at radius 2 is 1.96 bits per heavy atom. The SMILES string of the molecule is O=C(NC[C@@H]1OCCc2cn(Cc3ccccc3)nc21)c1ccccc1F. The molecule has 0 saturated heterocycles. The third-order valence-electron chi connectivity index (χ3n) is 4.62. The van der Waals surface area contributed by atoms with Gasteiger partial charge in [0.05, 0.1) is 24.4 Å². The molecule has 27 heavy (non-hydrogen) atoms. The van der Waals surface area contributed by atoms with E-state index >= 15 is 0 Å². The molecule has 0 fully saturated rings. The molecule has 2 heterocycles. The zero-order valence-electron chi connectivity index (χ0n) is 14.8. The van der Waals surface area contributed by atoms with E-state index in [1.807, 2.05) is 29.1 Å². The van der Waals surface area contributed by atoms with Crippen molar-refractivity contribution in [2.45, 2.75) is 19.1 Å². The first-order valence-electron chi connectivity index (χ1n) is 8.95. The predicted molar refractivity (Wildman–Crippen MR) is 98.9 cm³/mol. The van der Waals surface area contributed by atoms with E-state index in [-0.39, 0.29) is 18.2 Å². The number of amides is 1. The predicted octanol–water partition coefficient (Wildman–Crippen LogP) is 3.11. The number of hydrogen-bond donors (Lipinski definition) is 1. The second-order valence-corrected chi connectivity index (χ2v) is 6.52. The van der Waals surface area contributed by atoms with Crippen molar-refractivity contribution in [3.8, 4) is 0 Å². The lowest BCUT2D eigenvalue weighted by atomic mass is 10.1. The summed E-state index contributed by atoms with van der Waals surface area (Å²) in [5.41, 5.74) is 3.17. The summed E-state index contributed by atoms with van der Waals surface area (Å²) in [7, 11) is 0. The monoisotopic (exact) mass is 365 g/mol. The summed E-state index contributed by atoms with van der Waals surface area (Å²) in [6.45, 7) is 1.51. The number of nitrogens with zero attached hydrogens (tertiary/aromatic N) is 2. The van der Waals surface area contributed by atoms with Crippen LogP contribution in [0, 0.1) is 5.82 Å². The maximum atomic E-state index is 13.7. The number of carbonyl (C=O) groups excluding carboxylic acids is 1. The van der Waals surface area contributed by atoms with Gasteiger partial charge in [-0.2, -0.15) is 5.10 Å². The Morgan fingerprint density at radius 3 is 2.78 bits per heavy atom. The van der Waals surface area contributed by atoms with Crippen LogP contribution in [0.25, 0.3) is 0 Å². The highest BCUT2D eigenvalue weighted by atomic mass is 19.1. The molecule has 138 valence electrons. The van der Waals surface area contributed by atoms with Crippen molar-refractivity contribution in [2.24, 2.45) is 0 Å². The molecule has 1 amide bonds. The van der Waals surface area contributed by atoms with Crippen LogP contribution in [0.15, 0.2) is 60.8 Å². The summed E-state index contributed by atoms with van der Waals surface area (Å²) in [6.07, 6.45) is 2.50. The number of rotatable bonds is 5. The zero-order chi connectivity index (χ0) is 18.6. The fourth-order valence-electron chi connectivity index (χ4n) is 3.26. The van der Waals surface area contributed by atoms with Crippen molar-refractivity contribution in [3.05, 3.63) is 89.0 Å². The molecule has 0 saturated carbocycles. The molecule has 1 aliphatic rings. The first-order chi connectivity index (χ1) is 13.2. The largest absolute Gasteiger partial charge is 0.370 e. The number of benzene rings is 2. The Labute approximate surface area is 156 Å². The number of nitrogens with one attached hydrogen (secondary N) is 1. The van der Waals surface area contributed by atoms with Crippen LogP contribution in [0.4, 0.5) is 4.39 Å². The molecule has 2 aromatic carbocycles. The van der Waals surface area contributed by atoms with E-state index in [4.69, 9.17) is 4.74 Å². The maximum absolute atomic E-state index is 13.7. The highest BCUT2D eigenvalue weighted by molar-refractivity contribution is 5.94. The lowest BCUT2D eigenvalue weighted by Crippen LogP contribution is -2.32. The van der Waals surface area contributed by atoms with Gasteiger partial charge in [-0.15, -0.1) is 0 Å². The number of carbonyl (C=O) groups is 1. The number of hydrogen-bond acceptors (Lipinski definition) is 3. The van der Waals surface area contributed by atoms with Crippen molar-refractivity contribution in [1.82, 2.24) is 15.1 Å². The molecule has 0 unspecified atom stereocenters. The summed E-state index contributed by atoms with van der Waals surface area (Å²) in [5, 5.41) is 7.42. The van der Waals surface area contributed by atoms with Crippen molar-refractivity contribution in [3.63, 3.8) is 0 Å². The van der Waals surface area contributed by atoms with Gasteiger partial charge in [-0.25, -0.2) is 4.39 Å². The second kappa shape index (κ2) is 7.72. The van der Waals surface area contributed by atoms with Gasteiger partial charge in [0.2, 0.25) is 0 Å². The van der Waals surface area contributed by atoms with Crippen LogP contribution in [0.2, 0.25) is 0 Å². The summed E-state index contributed by atoms with van der Waals surface area (Å²) in [4.78, 5) is 12.2. The van der Waals surface area contributed by atoms with Crippen molar-refractivity contribution < 1.29 is 13.9 Å². The topological polar surface area (TPSA) is 56.1 Å². The maximum Gasteiger partial charge on any atom is 0.254 e. The molecule has 3 aromatic rings. The van der Waals surface area contributed by atoms with E-state index in [2.05, 4.69) is 22.5 Å². The number of ether oxygens (including phenoxy) is 1. The van der Waals surface area contributed by atoms with Gasteiger partial charge in [0.25, 0.3) is 5.91 Å². The lowest BCUT2D eigenvalue weighted by Gasteiger charge is -2.22. The van der Waals surface area contributed by atoms with Crippen LogP contribution in [-0.4, -0.2) is 28.8 Å². The van der Waals surface area contributed by atoms with E-state index in [0.29, 0.717) is 13.2 Å². The average molecular weight is 365 g/mol. The first kappa shape index (κ1) is 17.4. The van der Waals surface area contributed by atoms with Gasteiger partial charge in [-0.3, -0.25) is 9.48 Å². The Kier molecular flexibility index (Phi) is 4.98. The summed E-state index contributed by atoms with van der Waals surface area (Å²) < 4.78 is 21.5. The summed E-state index contributed by atoms with van der Waals surface area (Å²) in [6, 6.07) is 16.0. The van der Waals surface area contributed by atoms with Gasteiger partial charge in [-0.1, -0.05) is 42.5 Å². The quantitative estimate of drug-likeness (QED) is 0.756. The van der Waals surface area contributed by atoms with Gasteiger partial charge < -0.3 is 10.1 Å². The molecule has 0 aliphatic carbocycles. The molecule has 1 N–H and O–H groups in total. The van der Waals surface area contributed by atoms with Crippen LogP contribution in [0.3, 0.4) is 0 Å². The van der Waals surface area contributed by atoms with Gasteiger partial charge in [0.1, 0.15) is 11.9 Å². The molecule has 1 aliphatic heterocycles. The minimum atomic E-state index is -0.535. The van der Waals surface area contributed by atoms with Crippen molar-refractivity contribution >= 4 is 5.91 Å². The number of fused-ring (bicyclic) bond motifs is 1. The first-order valence-corrected chi connectivity index (χ1v) is 8.95. The fraction of sp³-hybridized carbons (Fsp3) is 0.238. The van der Waals surface area contributed by atoms with E-state index in [0.717, 1.165) is 17.7 Å². The Hall–Kier alpha value is -2.99. The molecular formula is C21H20FN3O2. The molecule has 0 spiro atoms. The Morgan fingerprint density at radius 1 is 1.19 bits per heavy atom. The molecule has 5 nitrogen and oxygen atoms in total. The summed E-state index contributed by atoms with van der Waals surface area (Å²) >= 11 is 0. The average Bonchev–Trinajstić information content (AvgIpc) is 3.10. The smallest absolute Gasteiger partial charge is 0.254 e. The van der Waals surface area contributed by atoms with E-state index in [1.54, 1.807) is 12.1 Å². The fourth-order valence-corrected chi connectivity index (χ4v) is 3.26. The third-order valence-corrected chi connectivity index (χ3v) is 4.62. The molecule has 6 heteroatoms. The number of aromatic nitrogens is 2. The standard InChI is InChI=1S/C21H20FN3O2/c22-18-9-5-4-8-17(18)21(26)23-12-19-20-16(10-11-27-19)14-25(24-20)13-15-6-2-1-3-7-15/h1-9,14,19H,10-13H2,(H,23,26)/t19-/m0/s1. The highest BCUT2D eigenvalue weighted by Gasteiger charge is 2.25. The van der Waals surface area contributed by atoms with Crippen LogP contribution in [0.5, 0.6) is 0 Å². The minimum Gasteiger partial charge on any atom is -0.370 e. The Bertz CT molecular complexity index is 940. The van der Waals surface area contributed by atoms with Crippen LogP contribution < -0.4 is 5.32 Å². The van der Waals surface area contributed by atoms with E-state index in [1.165, 1.54) is 17.7 Å². The molecular weight excluding hydrogens is 345 g/mol. The molecule has 4 rings (SSSR count). The highest BCUT2D eigenvalue weighted by Crippen LogP contribution is 2.25. The van der Waals surface area contributed by atoms with Crippen molar-refractivity contribution in [1.29, 1.82) is 0 Å². The van der Waals surface area contributed by atoms with Crippen molar-refractivity contribution in [2.75, 3.05) is 13.2 Å². The van der Waals surface area contributed by atoms with Crippen LogP contribution >= 0.6 is 0 Å². The molecule has 0 radical (unpaired) electrons. The van der Waals surface area contributed by atoms with E-state index in [9.17, 15) is 9.18 Å². The summed E-state index contributed by atoms with van der Waals surface area (Å²) in [5.74, 6) is -0.986. The molecule has 1 atom stereocenters. The lowest BCUT2D eigenvalue weighted by molar-refractivity contribution is 0.0383. The number of halogens is 1. The third kappa shape index (κ3) is 3.90. The Balaban J connectivity index is 1.45. The molecule has 1 aromatic heterocycles. The van der Waals surface area contributed by atoms with E-state index < -0.39 is 11.7 Å². The van der Waals surface area contributed by atoms with Gasteiger partial charge in [0.15, 0.2) is 0 Å². The minimum absolute atomic E-state index is 0.0307. The second-order valence-electron chi connectivity index (χ2n) is 6.52. The van der Waals surface area contributed by atoms with Gasteiger partial charge in [-0.05, 0) is 29.7 Å². The normalized spacial score (nSPS) is 16.0. The van der Waals surface area contributed by atoms with Crippen LogP contribution in [-0.2, 0) is 17.7 Å². The zero-order valence-corrected chi connectivity index (χ0v) is 14.8. The van der Waals surface area contributed by atoms with Gasteiger partial charge >= 0.3 is 0 Å². The van der Waals surface area contributed by atoms with Crippen LogP contribution in [0.1, 0.15) is 33.3 Å². The van der Waals surface area contributed by atoms with Gasteiger partial charge in [0, 0.05) is 12.7 Å². The molecule has 0 bridgehead atoms.